The first-order valence-electron chi connectivity index (χ1n) is 12.4. The molecule has 0 aromatic heterocycles. The van der Waals surface area contributed by atoms with Gasteiger partial charge in [0.15, 0.2) is 0 Å². The van der Waals surface area contributed by atoms with Crippen molar-refractivity contribution in [1.82, 2.24) is 4.90 Å². The van der Waals surface area contributed by atoms with Crippen molar-refractivity contribution in [2.75, 3.05) is 35.4 Å². The Morgan fingerprint density at radius 1 is 0.763 bits per heavy atom. The molecule has 194 valence electrons. The Morgan fingerprint density at radius 3 is 2.03 bits per heavy atom. The average Bonchev–Trinajstić information content (AvgIpc) is 2.97. The molecule has 5 rings (SSSR count). The molecule has 0 N–H and O–H groups in total. The molecule has 1 fully saturated rings. The highest BCUT2D eigenvalue weighted by molar-refractivity contribution is 7.92. The Hall–Kier alpha value is -3.81. The van der Waals surface area contributed by atoms with Gasteiger partial charge in [-0.05, 0) is 66.2 Å². The van der Waals surface area contributed by atoms with Crippen molar-refractivity contribution < 1.29 is 13.2 Å². The molecule has 0 spiro atoms. The average molecular weight is 546 g/mol. The van der Waals surface area contributed by atoms with Crippen LogP contribution in [0.25, 0.3) is 0 Å². The zero-order valence-electron chi connectivity index (χ0n) is 20.8. The Kier molecular flexibility index (Phi) is 7.67. The molecule has 1 amide bonds. The second-order valence-corrected chi connectivity index (χ2v) is 11.4. The van der Waals surface area contributed by atoms with Crippen molar-refractivity contribution in [3.05, 3.63) is 125 Å². The predicted octanol–water partition coefficient (Wildman–Crippen LogP) is 5.70. The van der Waals surface area contributed by atoms with Gasteiger partial charge in [0.2, 0.25) is 0 Å². The van der Waals surface area contributed by atoms with Gasteiger partial charge < -0.3 is 9.80 Å². The quantitative estimate of drug-likeness (QED) is 0.299. The molecule has 1 aliphatic rings. The number of anilines is 2. The zero-order valence-corrected chi connectivity index (χ0v) is 22.4. The van der Waals surface area contributed by atoms with Crippen molar-refractivity contribution in [2.24, 2.45) is 0 Å². The number of rotatable bonds is 7. The maximum absolute atomic E-state index is 13.6. The second kappa shape index (κ2) is 11.3. The minimum Gasteiger partial charge on any atom is -0.368 e. The first-order chi connectivity index (χ1) is 18.4. The SMILES string of the molecule is O=C(c1ccc(N(Cc2cccc(Cl)c2)S(=O)(=O)c2ccccc2)cc1)N1CCN(c2ccccc2)CC1. The lowest BCUT2D eigenvalue weighted by molar-refractivity contribution is 0.0747. The number of amides is 1. The Labute approximate surface area is 228 Å². The molecule has 0 aliphatic carbocycles. The van der Waals surface area contributed by atoms with Crippen LogP contribution in [0.2, 0.25) is 5.02 Å². The molecule has 1 aliphatic heterocycles. The van der Waals surface area contributed by atoms with E-state index in [0.717, 1.165) is 24.3 Å². The number of para-hydroxylation sites is 1. The fraction of sp³-hybridized carbons (Fsp3) is 0.167. The third-order valence-corrected chi connectivity index (χ3v) is 8.66. The molecule has 4 aromatic rings. The lowest BCUT2D eigenvalue weighted by Crippen LogP contribution is -2.48. The molecule has 6 nitrogen and oxygen atoms in total. The van der Waals surface area contributed by atoms with E-state index in [1.807, 2.05) is 29.2 Å². The second-order valence-electron chi connectivity index (χ2n) is 9.12. The van der Waals surface area contributed by atoms with Crippen LogP contribution in [-0.4, -0.2) is 45.4 Å². The molecular weight excluding hydrogens is 518 g/mol. The summed E-state index contributed by atoms with van der Waals surface area (Å²) in [6.07, 6.45) is 0. The van der Waals surface area contributed by atoms with Crippen LogP contribution >= 0.6 is 11.6 Å². The summed E-state index contributed by atoms with van der Waals surface area (Å²) in [5.74, 6) is -0.0587. The summed E-state index contributed by atoms with van der Waals surface area (Å²) in [6, 6.07) is 32.4. The standard InChI is InChI=1S/C30H28ClN3O3S/c31-26-9-7-8-24(22-26)23-34(38(36,37)29-12-5-2-6-13-29)28-16-14-25(15-17-28)30(35)33-20-18-32(19-21-33)27-10-3-1-4-11-27/h1-17,22H,18-21,23H2. The van der Waals surface area contributed by atoms with Crippen molar-refractivity contribution >= 4 is 38.9 Å². The van der Waals surface area contributed by atoms with Gasteiger partial charge in [-0.3, -0.25) is 9.10 Å². The van der Waals surface area contributed by atoms with E-state index in [1.165, 1.54) is 4.31 Å². The van der Waals surface area contributed by atoms with E-state index in [2.05, 4.69) is 17.0 Å². The summed E-state index contributed by atoms with van der Waals surface area (Å²) in [7, 11) is -3.86. The van der Waals surface area contributed by atoms with Crippen LogP contribution in [0.4, 0.5) is 11.4 Å². The van der Waals surface area contributed by atoms with Crippen LogP contribution < -0.4 is 9.21 Å². The largest absolute Gasteiger partial charge is 0.368 e. The fourth-order valence-corrected chi connectivity index (χ4v) is 6.28. The van der Waals surface area contributed by atoms with Gasteiger partial charge in [0.05, 0.1) is 17.1 Å². The van der Waals surface area contributed by atoms with Gasteiger partial charge in [0.1, 0.15) is 0 Å². The molecule has 38 heavy (non-hydrogen) atoms. The summed E-state index contributed by atoms with van der Waals surface area (Å²) in [4.78, 5) is 17.5. The normalized spacial score (nSPS) is 13.8. The lowest BCUT2D eigenvalue weighted by atomic mass is 10.1. The third-order valence-electron chi connectivity index (χ3n) is 6.64. The molecular formula is C30H28ClN3O3S. The van der Waals surface area contributed by atoms with Crippen molar-refractivity contribution in [3.63, 3.8) is 0 Å². The molecule has 0 unspecified atom stereocenters. The van der Waals surface area contributed by atoms with E-state index in [-0.39, 0.29) is 17.3 Å². The maximum Gasteiger partial charge on any atom is 0.264 e. The number of piperazine rings is 1. The van der Waals surface area contributed by atoms with Gasteiger partial charge in [0.25, 0.3) is 15.9 Å². The van der Waals surface area contributed by atoms with E-state index in [4.69, 9.17) is 11.6 Å². The Bertz CT molecular complexity index is 1490. The van der Waals surface area contributed by atoms with Gasteiger partial charge in [0, 0.05) is 42.5 Å². The van der Waals surface area contributed by atoms with Gasteiger partial charge in [-0.25, -0.2) is 8.42 Å². The first-order valence-corrected chi connectivity index (χ1v) is 14.3. The van der Waals surface area contributed by atoms with Crippen molar-refractivity contribution in [3.8, 4) is 0 Å². The van der Waals surface area contributed by atoms with Gasteiger partial charge >= 0.3 is 0 Å². The zero-order chi connectivity index (χ0) is 26.5. The maximum atomic E-state index is 13.6. The molecule has 4 aromatic carbocycles. The number of hydrogen-bond donors (Lipinski definition) is 0. The number of hydrogen-bond acceptors (Lipinski definition) is 4. The number of sulfonamides is 1. The summed E-state index contributed by atoms with van der Waals surface area (Å²) < 4.78 is 28.6. The summed E-state index contributed by atoms with van der Waals surface area (Å²) in [6.45, 7) is 2.87. The minimum absolute atomic E-state index is 0.0587. The van der Waals surface area contributed by atoms with Crippen LogP contribution in [-0.2, 0) is 16.6 Å². The Balaban J connectivity index is 1.36. The van der Waals surface area contributed by atoms with Gasteiger partial charge in [-0.1, -0.05) is 60.1 Å². The van der Waals surface area contributed by atoms with Gasteiger partial charge in [-0.2, -0.15) is 0 Å². The molecule has 0 radical (unpaired) electrons. The monoisotopic (exact) mass is 545 g/mol. The molecule has 8 heteroatoms. The third kappa shape index (κ3) is 5.69. The Morgan fingerprint density at radius 2 is 1.39 bits per heavy atom. The van der Waals surface area contributed by atoms with Crippen LogP contribution in [0.3, 0.4) is 0 Å². The molecule has 1 saturated heterocycles. The highest BCUT2D eigenvalue weighted by atomic mass is 35.5. The smallest absolute Gasteiger partial charge is 0.264 e. The van der Waals surface area contributed by atoms with Crippen LogP contribution in [0.15, 0.2) is 114 Å². The summed E-state index contributed by atoms with van der Waals surface area (Å²) in [5, 5.41) is 0.535. The number of carbonyl (C=O) groups is 1. The van der Waals surface area contributed by atoms with Crippen molar-refractivity contribution in [1.29, 1.82) is 0 Å². The van der Waals surface area contributed by atoms with E-state index < -0.39 is 10.0 Å². The molecule has 0 bridgehead atoms. The van der Waals surface area contributed by atoms with E-state index in [0.29, 0.717) is 29.4 Å². The topological polar surface area (TPSA) is 60.9 Å². The number of halogens is 1. The van der Waals surface area contributed by atoms with E-state index in [9.17, 15) is 13.2 Å². The van der Waals surface area contributed by atoms with Crippen molar-refractivity contribution in [2.45, 2.75) is 11.4 Å². The predicted molar refractivity (Wildman–Crippen MR) is 152 cm³/mol. The summed E-state index contributed by atoms with van der Waals surface area (Å²) in [5.41, 5.74) is 2.91. The molecule has 1 heterocycles. The first kappa shape index (κ1) is 25.8. The molecule has 0 atom stereocenters. The van der Waals surface area contributed by atoms with Crippen LogP contribution in [0.1, 0.15) is 15.9 Å². The highest BCUT2D eigenvalue weighted by Gasteiger charge is 2.26. The number of nitrogens with zero attached hydrogens (tertiary/aromatic N) is 3. The minimum atomic E-state index is -3.86. The van der Waals surface area contributed by atoms with Gasteiger partial charge in [-0.15, -0.1) is 0 Å². The summed E-state index contributed by atoms with van der Waals surface area (Å²) >= 11 is 6.17. The highest BCUT2D eigenvalue weighted by Crippen LogP contribution is 2.27. The fourth-order valence-electron chi connectivity index (χ4n) is 4.60. The molecule has 0 saturated carbocycles. The van der Waals surface area contributed by atoms with E-state index >= 15 is 0 Å². The van der Waals surface area contributed by atoms with Crippen LogP contribution in [0, 0.1) is 0 Å². The lowest BCUT2D eigenvalue weighted by Gasteiger charge is -2.36. The van der Waals surface area contributed by atoms with E-state index in [1.54, 1.807) is 72.8 Å². The number of carbonyl (C=O) groups excluding carboxylic acids is 1. The van der Waals surface area contributed by atoms with Crippen LogP contribution in [0.5, 0.6) is 0 Å². The number of benzene rings is 4.